The topological polar surface area (TPSA) is 91.7 Å². The number of carbonyl (C=O) groups excluding carboxylic acids is 1. The molecule has 3 unspecified atom stereocenters. The quantitative estimate of drug-likeness (QED) is 0.744. The Morgan fingerprint density at radius 2 is 2.12 bits per heavy atom. The van der Waals surface area contributed by atoms with E-state index in [1.165, 1.54) is 5.56 Å². The number of aliphatic hydroxyl groups excluding tert-OH is 1. The molecule has 5 rings (SSSR count). The number of hydrogen-bond donors (Lipinski definition) is 3. The van der Waals surface area contributed by atoms with E-state index in [0.29, 0.717) is 30.3 Å². The molecule has 3 N–H and O–H groups in total. The van der Waals surface area contributed by atoms with Crippen LogP contribution in [-0.2, 0) is 17.6 Å². The number of nitrogens with one attached hydrogen (secondary N) is 1. The minimum absolute atomic E-state index is 0.0249. The van der Waals surface area contributed by atoms with Gasteiger partial charge in [0.2, 0.25) is 5.91 Å². The molecule has 0 radical (unpaired) electrons. The van der Waals surface area contributed by atoms with Crippen molar-refractivity contribution in [3.63, 3.8) is 0 Å². The number of nitrogens with zero attached hydrogens (tertiary/aromatic N) is 1. The smallest absolute Gasteiger partial charge is 0.225 e. The lowest BCUT2D eigenvalue weighted by Crippen LogP contribution is -2.20. The Morgan fingerprint density at radius 3 is 2.96 bits per heavy atom. The molecule has 2 heterocycles. The molecule has 1 saturated carbocycles. The van der Waals surface area contributed by atoms with Gasteiger partial charge < -0.3 is 20.3 Å². The van der Waals surface area contributed by atoms with Gasteiger partial charge in [-0.05, 0) is 54.0 Å². The molecule has 3 aliphatic rings. The fourth-order valence-electron chi connectivity index (χ4n) is 4.37. The van der Waals surface area contributed by atoms with E-state index in [1.54, 1.807) is 6.20 Å². The van der Waals surface area contributed by atoms with Crippen LogP contribution < -0.4 is 10.1 Å². The molecule has 0 spiro atoms. The van der Waals surface area contributed by atoms with Crippen LogP contribution in [0.5, 0.6) is 11.5 Å². The summed E-state index contributed by atoms with van der Waals surface area (Å²) in [7, 11) is 0. The van der Waals surface area contributed by atoms with E-state index in [2.05, 4.69) is 16.4 Å². The van der Waals surface area contributed by atoms with Gasteiger partial charge in [0.1, 0.15) is 17.3 Å². The number of benzene rings is 1. The highest BCUT2D eigenvalue weighted by Crippen LogP contribution is 2.62. The van der Waals surface area contributed by atoms with Gasteiger partial charge in [0.15, 0.2) is 6.29 Å². The summed E-state index contributed by atoms with van der Waals surface area (Å²) in [5.74, 6) is 2.49. The number of aromatic nitrogens is 1. The summed E-state index contributed by atoms with van der Waals surface area (Å²) in [6.07, 6.45) is 2.32. The number of ether oxygens (including phenoxy) is 1. The van der Waals surface area contributed by atoms with Crippen LogP contribution in [0.1, 0.15) is 29.0 Å². The Balaban J connectivity index is 1.43. The van der Waals surface area contributed by atoms with Crippen LogP contribution in [0.2, 0.25) is 0 Å². The second kappa shape index (κ2) is 5.28. The lowest BCUT2D eigenvalue weighted by Gasteiger charge is -2.19. The average molecular weight is 338 g/mol. The predicted octanol–water partition coefficient (Wildman–Crippen LogP) is 1.95. The number of hydrogen-bond acceptors (Lipinski definition) is 5. The molecule has 6 nitrogen and oxygen atoms in total. The number of fused-ring (bicyclic) bond motifs is 4. The molecule has 1 fully saturated rings. The highest BCUT2D eigenvalue weighted by atomic mass is 16.5. The summed E-state index contributed by atoms with van der Waals surface area (Å²) >= 11 is 0. The number of carbonyl (C=O) groups is 1. The van der Waals surface area contributed by atoms with E-state index in [9.17, 15) is 15.0 Å². The lowest BCUT2D eigenvalue weighted by atomic mass is 10.0. The average Bonchev–Trinajstić information content (AvgIpc) is 3.19. The van der Waals surface area contributed by atoms with E-state index >= 15 is 0 Å². The fraction of sp³-hybridized carbons (Fsp3) is 0.368. The van der Waals surface area contributed by atoms with Gasteiger partial charge >= 0.3 is 0 Å². The maximum Gasteiger partial charge on any atom is 0.225 e. The van der Waals surface area contributed by atoms with Gasteiger partial charge in [-0.1, -0.05) is 6.07 Å². The van der Waals surface area contributed by atoms with E-state index < -0.39 is 6.29 Å². The largest absolute Gasteiger partial charge is 0.457 e. The van der Waals surface area contributed by atoms with Crippen molar-refractivity contribution in [3.8, 4) is 11.5 Å². The van der Waals surface area contributed by atoms with E-state index in [0.717, 1.165) is 23.3 Å². The zero-order valence-corrected chi connectivity index (χ0v) is 13.5. The van der Waals surface area contributed by atoms with E-state index in [1.807, 2.05) is 18.2 Å². The minimum Gasteiger partial charge on any atom is -0.457 e. The van der Waals surface area contributed by atoms with Crippen molar-refractivity contribution in [1.29, 1.82) is 0 Å². The molecule has 1 aliphatic heterocycles. The molecule has 0 bridgehead atoms. The summed E-state index contributed by atoms with van der Waals surface area (Å²) in [4.78, 5) is 15.7. The van der Waals surface area contributed by atoms with Crippen molar-refractivity contribution in [2.24, 2.45) is 11.8 Å². The molecule has 2 aromatic rings. The first-order valence-electron chi connectivity index (χ1n) is 8.56. The van der Waals surface area contributed by atoms with Crippen molar-refractivity contribution in [2.45, 2.75) is 31.5 Å². The number of amides is 1. The highest BCUT2D eigenvalue weighted by molar-refractivity contribution is 5.93. The molecular weight excluding hydrogens is 320 g/mol. The monoisotopic (exact) mass is 338 g/mol. The van der Waals surface area contributed by atoms with Crippen LogP contribution in [0, 0.1) is 11.8 Å². The summed E-state index contributed by atoms with van der Waals surface area (Å²) in [6.45, 7) is 0. The molecule has 1 amide bonds. The Hall–Kier alpha value is -2.44. The Bertz CT molecular complexity index is 880. The van der Waals surface area contributed by atoms with E-state index in [-0.39, 0.29) is 17.7 Å². The standard InChI is InChI=1S/C19H18N2O4/c22-15-4-3-11-14(5-6-20-18(11)21-15)25-10-2-1-9-7-13-16(12(9)8-10)17(13)19(23)24/h1-2,5-6,8,13,16-17,19,23-24H,3-4,7H2,(H,20,21,22). The highest BCUT2D eigenvalue weighted by Gasteiger charge is 2.58. The first-order chi connectivity index (χ1) is 12.1. The first-order valence-corrected chi connectivity index (χ1v) is 8.56. The molecule has 25 heavy (non-hydrogen) atoms. The number of anilines is 1. The lowest BCUT2D eigenvalue weighted by molar-refractivity contribution is -0.116. The van der Waals surface area contributed by atoms with E-state index in [4.69, 9.17) is 4.74 Å². The second-order valence-corrected chi connectivity index (χ2v) is 7.03. The Morgan fingerprint density at radius 1 is 1.24 bits per heavy atom. The first kappa shape index (κ1) is 14.9. The van der Waals surface area contributed by atoms with Gasteiger partial charge in [0.05, 0.1) is 0 Å². The fourth-order valence-corrected chi connectivity index (χ4v) is 4.37. The maximum atomic E-state index is 11.5. The molecule has 3 atom stereocenters. The van der Waals surface area contributed by atoms with Crippen molar-refractivity contribution in [1.82, 2.24) is 4.98 Å². The molecule has 1 aromatic heterocycles. The van der Waals surface area contributed by atoms with Crippen molar-refractivity contribution >= 4 is 11.7 Å². The number of pyridine rings is 1. The third-order valence-electron chi connectivity index (χ3n) is 5.61. The van der Waals surface area contributed by atoms with Crippen molar-refractivity contribution in [3.05, 3.63) is 47.2 Å². The normalized spacial score (nSPS) is 25.9. The SMILES string of the molecule is O=C1CCc2c(Oc3ccc4c(c3)C3C(C4)C3C(O)O)ccnc2N1. The van der Waals surface area contributed by atoms with Crippen molar-refractivity contribution < 1.29 is 19.7 Å². The molecule has 0 saturated heterocycles. The third kappa shape index (κ3) is 2.33. The van der Waals surface area contributed by atoms with Gasteiger partial charge in [0.25, 0.3) is 0 Å². The molecular formula is C19H18N2O4. The molecule has 128 valence electrons. The summed E-state index contributed by atoms with van der Waals surface area (Å²) in [5, 5.41) is 21.7. The third-order valence-corrected chi connectivity index (χ3v) is 5.61. The van der Waals surface area contributed by atoms with Gasteiger partial charge in [0, 0.05) is 24.1 Å². The van der Waals surface area contributed by atoms with Gasteiger partial charge in [-0.15, -0.1) is 0 Å². The van der Waals surface area contributed by atoms with Crippen LogP contribution in [-0.4, -0.2) is 27.4 Å². The zero-order valence-electron chi connectivity index (χ0n) is 13.5. The van der Waals surface area contributed by atoms with Crippen LogP contribution in [0.15, 0.2) is 30.5 Å². The summed E-state index contributed by atoms with van der Waals surface area (Å²) in [5.41, 5.74) is 3.34. The maximum absolute atomic E-state index is 11.5. The summed E-state index contributed by atoms with van der Waals surface area (Å²) < 4.78 is 6.08. The zero-order chi connectivity index (χ0) is 17.1. The number of aliphatic hydroxyl groups is 2. The van der Waals surface area contributed by atoms with Crippen LogP contribution >= 0.6 is 0 Å². The second-order valence-electron chi connectivity index (χ2n) is 7.03. The van der Waals surface area contributed by atoms with Gasteiger partial charge in [-0.2, -0.15) is 0 Å². The summed E-state index contributed by atoms with van der Waals surface area (Å²) in [6, 6.07) is 7.83. The number of rotatable bonds is 3. The van der Waals surface area contributed by atoms with Gasteiger partial charge in [-0.25, -0.2) is 4.98 Å². The van der Waals surface area contributed by atoms with Crippen molar-refractivity contribution in [2.75, 3.05) is 5.32 Å². The molecule has 2 aliphatic carbocycles. The Kier molecular flexibility index (Phi) is 3.14. The van der Waals surface area contributed by atoms with Crippen LogP contribution in [0.3, 0.4) is 0 Å². The predicted molar refractivity (Wildman–Crippen MR) is 89.4 cm³/mol. The minimum atomic E-state index is -1.25. The van der Waals surface area contributed by atoms with Crippen LogP contribution in [0.4, 0.5) is 5.82 Å². The van der Waals surface area contributed by atoms with Gasteiger partial charge in [-0.3, -0.25) is 4.79 Å². The molecule has 6 heteroatoms. The van der Waals surface area contributed by atoms with Crippen LogP contribution in [0.25, 0.3) is 0 Å². The Labute approximate surface area is 144 Å². The molecule has 1 aromatic carbocycles.